The van der Waals surface area contributed by atoms with Gasteiger partial charge in [-0.15, -0.1) is 0 Å². The Labute approximate surface area is 236 Å². The van der Waals surface area contributed by atoms with Gasteiger partial charge in [-0.05, 0) is 36.5 Å². The topological polar surface area (TPSA) is 157 Å². The van der Waals surface area contributed by atoms with Gasteiger partial charge in [-0.25, -0.2) is 0 Å². The van der Waals surface area contributed by atoms with E-state index in [-0.39, 0.29) is 56.5 Å². The summed E-state index contributed by atoms with van der Waals surface area (Å²) < 4.78 is 5.07. The van der Waals surface area contributed by atoms with Crippen LogP contribution in [0.15, 0.2) is 54.6 Å². The zero-order chi connectivity index (χ0) is 29.8. The second kappa shape index (κ2) is 20.6. The average molecular weight is 561 g/mol. The van der Waals surface area contributed by atoms with Crippen molar-refractivity contribution in [2.75, 3.05) is 46.1 Å². The third-order valence-electron chi connectivity index (χ3n) is 6.05. The molecule has 0 spiro atoms. The largest absolute Gasteiger partial charge is 0.481 e. The number of aliphatic hydroxyl groups is 3. The van der Waals surface area contributed by atoms with E-state index < -0.39 is 5.97 Å². The molecule has 2 atom stereocenters. The van der Waals surface area contributed by atoms with Crippen molar-refractivity contribution in [2.45, 2.75) is 45.6 Å². The van der Waals surface area contributed by atoms with Gasteiger partial charge in [0.2, 0.25) is 5.91 Å². The molecule has 10 nitrogen and oxygen atoms in total. The van der Waals surface area contributed by atoms with E-state index in [9.17, 15) is 14.4 Å². The quantitative estimate of drug-likeness (QED) is 0.183. The van der Waals surface area contributed by atoms with E-state index in [1.54, 1.807) is 18.7 Å². The van der Waals surface area contributed by atoms with Crippen molar-refractivity contribution in [3.8, 4) is 11.1 Å². The highest BCUT2D eigenvalue weighted by Gasteiger charge is 2.22. The molecule has 0 bridgehead atoms. The molecule has 222 valence electrons. The first-order chi connectivity index (χ1) is 19.2. The van der Waals surface area contributed by atoms with Crippen molar-refractivity contribution in [1.29, 1.82) is 0 Å². The Morgan fingerprint density at radius 3 is 1.90 bits per heavy atom. The Kier molecular flexibility index (Phi) is 17.9. The minimum atomic E-state index is -1.02. The van der Waals surface area contributed by atoms with E-state index in [0.717, 1.165) is 16.7 Å². The molecule has 0 aliphatic heterocycles. The summed E-state index contributed by atoms with van der Waals surface area (Å²) in [5.41, 5.74) is 3.24. The third kappa shape index (κ3) is 14.7. The Balaban J connectivity index is 0.000000680. The van der Waals surface area contributed by atoms with Crippen LogP contribution < -0.4 is 5.32 Å². The van der Waals surface area contributed by atoms with Crippen LogP contribution in [0.4, 0.5) is 0 Å². The molecule has 0 saturated heterocycles. The number of carboxylic acids is 1. The number of aliphatic carboxylic acids is 1. The molecule has 40 heavy (non-hydrogen) atoms. The molecule has 0 aromatic heterocycles. The summed E-state index contributed by atoms with van der Waals surface area (Å²) in [6.45, 7) is 5.58. The van der Waals surface area contributed by atoms with Crippen LogP contribution in [0.2, 0.25) is 0 Å². The lowest BCUT2D eigenvalue weighted by atomic mass is 9.94. The van der Waals surface area contributed by atoms with Crippen LogP contribution in [-0.4, -0.2) is 95.3 Å². The SMILES string of the molecule is CCOC(=O)[C@H](C)C[C@@H](Cc1ccc(-c2ccccc2)cc1)NC(=O)CCC(=O)O.OCCN(CCO)CCO. The lowest BCUT2D eigenvalue weighted by Gasteiger charge is -2.22. The minimum absolute atomic E-state index is 0.0694. The Morgan fingerprint density at radius 2 is 1.40 bits per heavy atom. The summed E-state index contributed by atoms with van der Waals surface area (Å²) in [4.78, 5) is 36.7. The van der Waals surface area contributed by atoms with Gasteiger partial charge >= 0.3 is 11.9 Å². The maximum Gasteiger partial charge on any atom is 0.308 e. The Morgan fingerprint density at radius 1 is 0.850 bits per heavy atom. The second-order valence-electron chi connectivity index (χ2n) is 9.33. The first-order valence-corrected chi connectivity index (χ1v) is 13.6. The molecule has 0 aliphatic carbocycles. The number of hydrogen-bond donors (Lipinski definition) is 5. The first kappa shape index (κ1) is 34.7. The summed E-state index contributed by atoms with van der Waals surface area (Å²) in [7, 11) is 0. The van der Waals surface area contributed by atoms with Gasteiger partial charge in [0.25, 0.3) is 0 Å². The molecule has 0 heterocycles. The van der Waals surface area contributed by atoms with E-state index in [2.05, 4.69) is 5.32 Å². The molecule has 10 heteroatoms. The van der Waals surface area contributed by atoms with Crippen LogP contribution in [0.1, 0.15) is 38.7 Å². The standard InChI is InChI=1S/C24H29NO5.C6H15NO3/c1-3-30-24(29)17(2)15-21(25-22(26)13-14-23(27)28)16-18-9-11-20(12-10-18)19-7-5-4-6-8-19;8-4-1-7(2-5-9)3-6-10/h4-12,17,21H,3,13-16H2,1-2H3,(H,25,26)(H,27,28);8-10H,1-6H2/t17-,21+;/m1./s1. The fourth-order valence-electron chi connectivity index (χ4n) is 4.03. The van der Waals surface area contributed by atoms with E-state index in [4.69, 9.17) is 25.2 Å². The summed E-state index contributed by atoms with van der Waals surface area (Å²) in [5.74, 6) is -2.03. The summed E-state index contributed by atoms with van der Waals surface area (Å²) in [6.07, 6.45) is 0.639. The third-order valence-corrected chi connectivity index (χ3v) is 6.05. The predicted molar refractivity (Wildman–Crippen MR) is 152 cm³/mol. The van der Waals surface area contributed by atoms with E-state index >= 15 is 0 Å². The lowest BCUT2D eigenvalue weighted by Crippen LogP contribution is -2.39. The highest BCUT2D eigenvalue weighted by atomic mass is 16.5. The maximum atomic E-state index is 12.2. The zero-order valence-electron chi connectivity index (χ0n) is 23.5. The van der Waals surface area contributed by atoms with Crippen LogP contribution >= 0.6 is 0 Å². The highest BCUT2D eigenvalue weighted by molar-refractivity contribution is 5.81. The van der Waals surface area contributed by atoms with Crippen molar-refractivity contribution in [3.05, 3.63) is 60.2 Å². The maximum absolute atomic E-state index is 12.2. The van der Waals surface area contributed by atoms with Gasteiger partial charge in [0, 0.05) is 32.1 Å². The zero-order valence-corrected chi connectivity index (χ0v) is 23.5. The molecule has 2 rings (SSSR count). The van der Waals surface area contributed by atoms with Gasteiger partial charge in [-0.2, -0.15) is 0 Å². The minimum Gasteiger partial charge on any atom is -0.481 e. The molecule has 0 saturated carbocycles. The predicted octanol–water partition coefficient (Wildman–Crippen LogP) is 2.10. The summed E-state index contributed by atoms with van der Waals surface area (Å²) in [5, 5.41) is 37.1. The summed E-state index contributed by atoms with van der Waals surface area (Å²) in [6, 6.07) is 17.8. The molecule has 0 radical (unpaired) electrons. The number of carboxylic acid groups (broad SMARTS) is 1. The van der Waals surface area contributed by atoms with Crippen molar-refractivity contribution >= 4 is 17.8 Å². The van der Waals surface area contributed by atoms with Crippen molar-refractivity contribution < 1.29 is 39.5 Å². The first-order valence-electron chi connectivity index (χ1n) is 13.6. The van der Waals surface area contributed by atoms with Crippen molar-refractivity contribution in [1.82, 2.24) is 10.2 Å². The van der Waals surface area contributed by atoms with E-state index in [1.165, 1.54) is 0 Å². The number of aliphatic hydroxyl groups excluding tert-OH is 3. The molecule has 0 unspecified atom stereocenters. The molecule has 2 aromatic rings. The van der Waals surface area contributed by atoms with Crippen LogP contribution in [0.25, 0.3) is 11.1 Å². The number of esters is 1. The van der Waals surface area contributed by atoms with Gasteiger partial charge in [0.05, 0.1) is 38.8 Å². The average Bonchev–Trinajstić information content (AvgIpc) is 2.93. The van der Waals surface area contributed by atoms with E-state index in [1.807, 2.05) is 54.6 Å². The van der Waals surface area contributed by atoms with Crippen LogP contribution in [0, 0.1) is 5.92 Å². The fourth-order valence-corrected chi connectivity index (χ4v) is 4.03. The van der Waals surface area contributed by atoms with Crippen molar-refractivity contribution in [3.63, 3.8) is 0 Å². The van der Waals surface area contributed by atoms with Gasteiger partial charge in [0.15, 0.2) is 0 Å². The number of hydrogen-bond acceptors (Lipinski definition) is 8. The monoisotopic (exact) mass is 560 g/mol. The molecule has 0 aliphatic rings. The Bertz CT molecular complexity index is 971. The van der Waals surface area contributed by atoms with Crippen LogP contribution in [0.5, 0.6) is 0 Å². The summed E-state index contributed by atoms with van der Waals surface area (Å²) >= 11 is 0. The smallest absolute Gasteiger partial charge is 0.308 e. The van der Waals surface area contributed by atoms with Crippen LogP contribution in [-0.2, 0) is 25.5 Å². The molecule has 0 fully saturated rings. The highest BCUT2D eigenvalue weighted by Crippen LogP contribution is 2.21. The number of nitrogens with zero attached hydrogens (tertiary/aromatic N) is 1. The molecule has 5 N–H and O–H groups in total. The van der Waals surface area contributed by atoms with E-state index in [0.29, 0.717) is 39.1 Å². The number of benzene rings is 2. The van der Waals surface area contributed by atoms with Gasteiger partial charge in [-0.3, -0.25) is 19.3 Å². The second-order valence-corrected chi connectivity index (χ2v) is 9.33. The normalized spacial score (nSPS) is 12.2. The molecule has 2 aromatic carbocycles. The number of carbonyl (C=O) groups excluding carboxylic acids is 2. The van der Waals surface area contributed by atoms with Gasteiger partial charge in [0.1, 0.15) is 0 Å². The number of rotatable bonds is 17. The van der Waals surface area contributed by atoms with Crippen molar-refractivity contribution in [2.24, 2.45) is 5.92 Å². The van der Waals surface area contributed by atoms with Gasteiger partial charge < -0.3 is 30.5 Å². The lowest BCUT2D eigenvalue weighted by molar-refractivity contribution is -0.148. The number of carbonyl (C=O) groups is 3. The fraction of sp³-hybridized carbons (Fsp3) is 0.500. The Hall–Kier alpha value is -3.31. The molecular weight excluding hydrogens is 516 g/mol. The molecule has 1 amide bonds. The van der Waals surface area contributed by atoms with Crippen LogP contribution in [0.3, 0.4) is 0 Å². The number of nitrogens with one attached hydrogen (secondary N) is 1. The number of amides is 1. The molecular formula is C30H44N2O8. The number of ether oxygens (including phenoxy) is 1. The van der Waals surface area contributed by atoms with Gasteiger partial charge in [-0.1, -0.05) is 61.5 Å².